The first-order chi connectivity index (χ1) is 8.53. The van der Waals surface area contributed by atoms with Crippen LogP contribution in [-0.4, -0.2) is 11.0 Å². The Morgan fingerprint density at radius 2 is 2.28 bits per heavy atom. The molecule has 2 aromatic rings. The molecule has 96 valence electrons. The second kappa shape index (κ2) is 3.90. The van der Waals surface area contributed by atoms with Gasteiger partial charge in [0.25, 0.3) is 6.01 Å². The molecule has 18 heavy (non-hydrogen) atoms. The van der Waals surface area contributed by atoms with Crippen molar-refractivity contribution in [2.75, 3.05) is 11.1 Å². The van der Waals surface area contributed by atoms with Crippen LogP contribution >= 0.6 is 0 Å². The fourth-order valence-electron chi connectivity index (χ4n) is 2.77. The Morgan fingerprint density at radius 1 is 1.44 bits per heavy atom. The van der Waals surface area contributed by atoms with Gasteiger partial charge in [-0.15, -0.1) is 0 Å². The highest BCUT2D eigenvalue weighted by molar-refractivity contribution is 5.86. The summed E-state index contributed by atoms with van der Waals surface area (Å²) >= 11 is 0. The Kier molecular flexibility index (Phi) is 2.47. The SMILES string of the molecule is CC1(C)CCC(Nc2nc3c(N)cccc3o2)C1. The molecule has 1 aromatic heterocycles. The number of anilines is 2. The van der Waals surface area contributed by atoms with Crippen molar-refractivity contribution in [1.29, 1.82) is 0 Å². The number of nitrogens with two attached hydrogens (primary N) is 1. The summed E-state index contributed by atoms with van der Waals surface area (Å²) in [7, 11) is 0. The second-order valence-corrected chi connectivity index (χ2v) is 5.96. The zero-order valence-corrected chi connectivity index (χ0v) is 10.9. The molecule has 4 nitrogen and oxygen atoms in total. The van der Waals surface area contributed by atoms with Gasteiger partial charge < -0.3 is 15.5 Å². The van der Waals surface area contributed by atoms with Gasteiger partial charge in [-0.3, -0.25) is 0 Å². The maximum atomic E-state index is 5.87. The van der Waals surface area contributed by atoms with Gasteiger partial charge in [-0.25, -0.2) is 0 Å². The molecular weight excluding hydrogens is 226 g/mol. The van der Waals surface area contributed by atoms with Crippen molar-refractivity contribution in [2.45, 2.75) is 39.2 Å². The van der Waals surface area contributed by atoms with E-state index in [0.717, 1.165) is 17.5 Å². The van der Waals surface area contributed by atoms with Gasteiger partial charge in [0.1, 0.15) is 5.52 Å². The fourth-order valence-corrected chi connectivity index (χ4v) is 2.77. The van der Waals surface area contributed by atoms with Crippen LogP contribution in [0.1, 0.15) is 33.1 Å². The summed E-state index contributed by atoms with van der Waals surface area (Å²) in [6.45, 7) is 4.61. The number of aromatic nitrogens is 1. The number of oxazole rings is 1. The highest BCUT2D eigenvalue weighted by Crippen LogP contribution is 2.38. The molecule has 1 aliphatic carbocycles. The van der Waals surface area contributed by atoms with Crippen LogP contribution < -0.4 is 11.1 Å². The van der Waals surface area contributed by atoms with Gasteiger partial charge in [-0.05, 0) is 36.8 Å². The normalized spacial score (nSPS) is 22.4. The molecule has 1 atom stereocenters. The number of benzene rings is 1. The third kappa shape index (κ3) is 2.03. The number of hydrogen-bond acceptors (Lipinski definition) is 4. The summed E-state index contributed by atoms with van der Waals surface area (Å²) < 4.78 is 5.68. The first-order valence-corrected chi connectivity index (χ1v) is 6.45. The average molecular weight is 245 g/mol. The summed E-state index contributed by atoms with van der Waals surface area (Å²) in [5.74, 6) is 0. The molecule has 0 saturated heterocycles. The van der Waals surface area contributed by atoms with Gasteiger partial charge >= 0.3 is 0 Å². The first-order valence-electron chi connectivity index (χ1n) is 6.45. The number of nitrogens with one attached hydrogen (secondary N) is 1. The number of rotatable bonds is 2. The van der Waals surface area contributed by atoms with Gasteiger partial charge in [0.05, 0.1) is 5.69 Å². The van der Waals surface area contributed by atoms with Gasteiger partial charge in [0, 0.05) is 6.04 Å². The first kappa shape index (κ1) is 11.4. The number of fused-ring (bicyclic) bond motifs is 1. The molecule has 1 fully saturated rings. The Bertz CT molecular complexity index is 573. The van der Waals surface area contributed by atoms with Crippen molar-refractivity contribution in [2.24, 2.45) is 5.41 Å². The summed E-state index contributed by atoms with van der Waals surface area (Å²) in [6, 6.07) is 6.65. The van der Waals surface area contributed by atoms with Crippen molar-refractivity contribution in [1.82, 2.24) is 4.98 Å². The molecule has 0 spiro atoms. The summed E-state index contributed by atoms with van der Waals surface area (Å²) in [6.07, 6.45) is 3.56. The van der Waals surface area contributed by atoms with Crippen LogP contribution in [0.25, 0.3) is 11.1 Å². The Hall–Kier alpha value is -1.71. The summed E-state index contributed by atoms with van der Waals surface area (Å²) in [5.41, 5.74) is 8.45. The van der Waals surface area contributed by atoms with E-state index < -0.39 is 0 Å². The van der Waals surface area contributed by atoms with E-state index in [0.29, 0.717) is 23.2 Å². The molecule has 1 heterocycles. The van der Waals surface area contributed by atoms with Crippen LogP contribution in [-0.2, 0) is 0 Å². The van der Waals surface area contributed by atoms with Gasteiger partial charge in [0.15, 0.2) is 5.58 Å². The van der Waals surface area contributed by atoms with Crippen LogP contribution in [0.5, 0.6) is 0 Å². The van der Waals surface area contributed by atoms with E-state index in [1.165, 1.54) is 12.8 Å². The van der Waals surface area contributed by atoms with Crippen LogP contribution in [0.4, 0.5) is 11.7 Å². The molecule has 3 rings (SSSR count). The predicted octanol–water partition coefficient (Wildman–Crippen LogP) is 3.40. The lowest BCUT2D eigenvalue weighted by molar-refractivity contribution is 0.378. The average Bonchev–Trinajstić information content (AvgIpc) is 2.83. The summed E-state index contributed by atoms with van der Waals surface area (Å²) in [5, 5.41) is 3.38. The third-order valence-corrected chi connectivity index (χ3v) is 3.75. The minimum atomic E-state index is 0.419. The van der Waals surface area contributed by atoms with E-state index in [9.17, 15) is 0 Å². The van der Waals surface area contributed by atoms with Gasteiger partial charge in [0.2, 0.25) is 0 Å². The molecule has 1 aliphatic rings. The quantitative estimate of drug-likeness (QED) is 0.796. The highest BCUT2D eigenvalue weighted by Gasteiger charge is 2.31. The monoisotopic (exact) mass is 245 g/mol. The lowest BCUT2D eigenvalue weighted by atomic mass is 9.92. The largest absolute Gasteiger partial charge is 0.423 e. The Labute approximate surface area is 107 Å². The standard InChI is InChI=1S/C14H19N3O/c1-14(2)7-6-9(8-14)16-13-17-12-10(15)4-3-5-11(12)18-13/h3-5,9H,6-8,15H2,1-2H3,(H,16,17). The van der Waals surface area contributed by atoms with Crippen molar-refractivity contribution in [3.05, 3.63) is 18.2 Å². The second-order valence-electron chi connectivity index (χ2n) is 5.96. The van der Waals surface area contributed by atoms with Crippen molar-refractivity contribution in [3.63, 3.8) is 0 Å². The lowest BCUT2D eigenvalue weighted by Crippen LogP contribution is -2.17. The maximum Gasteiger partial charge on any atom is 0.295 e. The molecule has 3 N–H and O–H groups in total. The Balaban J connectivity index is 1.81. The lowest BCUT2D eigenvalue weighted by Gasteiger charge is -2.16. The number of hydrogen-bond donors (Lipinski definition) is 2. The molecule has 1 saturated carbocycles. The van der Waals surface area contributed by atoms with Crippen molar-refractivity contribution < 1.29 is 4.42 Å². The molecule has 4 heteroatoms. The zero-order valence-electron chi connectivity index (χ0n) is 10.9. The molecule has 0 amide bonds. The number of nitrogen functional groups attached to an aromatic ring is 1. The molecule has 0 bridgehead atoms. The van der Waals surface area contributed by atoms with E-state index >= 15 is 0 Å². The van der Waals surface area contributed by atoms with E-state index in [1.54, 1.807) is 0 Å². The van der Waals surface area contributed by atoms with Crippen LogP contribution in [0.2, 0.25) is 0 Å². The van der Waals surface area contributed by atoms with Crippen molar-refractivity contribution in [3.8, 4) is 0 Å². The van der Waals surface area contributed by atoms with E-state index in [-0.39, 0.29) is 0 Å². The van der Waals surface area contributed by atoms with Crippen LogP contribution in [0.3, 0.4) is 0 Å². The third-order valence-electron chi connectivity index (χ3n) is 3.75. The number of para-hydroxylation sites is 1. The Morgan fingerprint density at radius 3 is 2.94 bits per heavy atom. The van der Waals surface area contributed by atoms with Crippen LogP contribution in [0.15, 0.2) is 22.6 Å². The molecule has 1 aromatic carbocycles. The maximum absolute atomic E-state index is 5.87. The number of nitrogens with zero attached hydrogens (tertiary/aromatic N) is 1. The molecular formula is C14H19N3O. The van der Waals surface area contributed by atoms with Gasteiger partial charge in [-0.2, -0.15) is 4.98 Å². The highest BCUT2D eigenvalue weighted by atomic mass is 16.4. The van der Waals surface area contributed by atoms with Crippen molar-refractivity contribution >= 4 is 22.8 Å². The molecule has 0 radical (unpaired) electrons. The topological polar surface area (TPSA) is 64.1 Å². The minimum Gasteiger partial charge on any atom is -0.423 e. The van der Waals surface area contributed by atoms with Gasteiger partial charge in [-0.1, -0.05) is 19.9 Å². The van der Waals surface area contributed by atoms with E-state index in [2.05, 4.69) is 24.1 Å². The smallest absolute Gasteiger partial charge is 0.295 e. The molecule has 0 aliphatic heterocycles. The predicted molar refractivity (Wildman–Crippen MR) is 73.5 cm³/mol. The zero-order chi connectivity index (χ0) is 12.8. The minimum absolute atomic E-state index is 0.419. The fraction of sp³-hybridized carbons (Fsp3) is 0.500. The molecule has 1 unspecified atom stereocenters. The van der Waals surface area contributed by atoms with E-state index in [1.807, 2.05) is 18.2 Å². The van der Waals surface area contributed by atoms with E-state index in [4.69, 9.17) is 10.2 Å². The van der Waals surface area contributed by atoms with Crippen LogP contribution in [0, 0.1) is 5.41 Å². The summed E-state index contributed by atoms with van der Waals surface area (Å²) in [4.78, 5) is 4.42.